The van der Waals surface area contributed by atoms with Crippen LogP contribution in [-0.2, 0) is 4.74 Å². The summed E-state index contributed by atoms with van der Waals surface area (Å²) in [6.45, 7) is 1.72. The molecular weight excluding hydrogens is 214 g/mol. The molecule has 15 heavy (non-hydrogen) atoms. The maximum atomic E-state index is 5.84. The van der Waals surface area contributed by atoms with E-state index in [2.05, 4.69) is 9.88 Å². The van der Waals surface area contributed by atoms with Crippen molar-refractivity contribution in [2.75, 3.05) is 23.8 Å². The van der Waals surface area contributed by atoms with Gasteiger partial charge in [-0.2, -0.15) is 0 Å². The summed E-state index contributed by atoms with van der Waals surface area (Å²) < 4.78 is 5.53. The molecule has 2 aliphatic heterocycles. The zero-order valence-electron chi connectivity index (χ0n) is 8.19. The molecule has 2 N–H and O–H groups in total. The molecule has 4 nitrogen and oxygen atoms in total. The zero-order chi connectivity index (χ0) is 10.4. The van der Waals surface area contributed by atoms with Crippen molar-refractivity contribution >= 4 is 23.1 Å². The Morgan fingerprint density at radius 2 is 2.47 bits per heavy atom. The minimum Gasteiger partial charge on any atom is -0.397 e. The molecule has 2 unspecified atom stereocenters. The summed E-state index contributed by atoms with van der Waals surface area (Å²) in [4.78, 5) is 6.55. The fourth-order valence-electron chi connectivity index (χ4n) is 2.28. The molecule has 2 atom stereocenters. The van der Waals surface area contributed by atoms with Gasteiger partial charge in [-0.25, -0.2) is 4.98 Å². The number of halogens is 1. The van der Waals surface area contributed by atoms with Crippen LogP contribution in [0.2, 0.25) is 5.02 Å². The summed E-state index contributed by atoms with van der Waals surface area (Å²) in [6.07, 6.45) is 3.08. The molecule has 0 aromatic carbocycles. The normalized spacial score (nSPS) is 28.7. The van der Waals surface area contributed by atoms with E-state index in [0.717, 1.165) is 25.4 Å². The Bertz CT molecular complexity index is 398. The predicted molar refractivity (Wildman–Crippen MR) is 59.2 cm³/mol. The number of nitrogens with zero attached hydrogens (tertiary/aromatic N) is 2. The summed E-state index contributed by atoms with van der Waals surface area (Å²) >= 11 is 5.84. The number of pyridine rings is 1. The van der Waals surface area contributed by atoms with Crippen LogP contribution in [0.5, 0.6) is 0 Å². The number of nitrogens with two attached hydrogens (primary N) is 1. The highest BCUT2D eigenvalue weighted by atomic mass is 35.5. The van der Waals surface area contributed by atoms with Crippen molar-refractivity contribution in [2.24, 2.45) is 0 Å². The molecular formula is C10H12ClN3O. The molecule has 1 aromatic rings. The van der Waals surface area contributed by atoms with Crippen molar-refractivity contribution < 1.29 is 4.74 Å². The van der Waals surface area contributed by atoms with Crippen LogP contribution in [0.15, 0.2) is 12.3 Å². The number of rotatable bonds is 1. The molecule has 2 aliphatic rings. The Labute approximate surface area is 93.0 Å². The van der Waals surface area contributed by atoms with Crippen LogP contribution in [0.1, 0.15) is 6.42 Å². The molecule has 0 radical (unpaired) electrons. The van der Waals surface area contributed by atoms with Gasteiger partial charge in [0.15, 0.2) is 0 Å². The number of fused-ring (bicyclic) bond motifs is 2. The van der Waals surface area contributed by atoms with E-state index in [-0.39, 0.29) is 0 Å². The first-order chi connectivity index (χ1) is 7.24. The van der Waals surface area contributed by atoms with Gasteiger partial charge in [-0.15, -0.1) is 0 Å². The Kier molecular flexibility index (Phi) is 2.00. The largest absolute Gasteiger partial charge is 0.397 e. The molecule has 2 bridgehead atoms. The van der Waals surface area contributed by atoms with Crippen molar-refractivity contribution in [1.82, 2.24) is 4.98 Å². The van der Waals surface area contributed by atoms with Crippen LogP contribution < -0.4 is 10.6 Å². The highest BCUT2D eigenvalue weighted by molar-refractivity contribution is 6.32. The summed E-state index contributed by atoms with van der Waals surface area (Å²) in [5.74, 6) is 0.910. The molecule has 3 heterocycles. The fraction of sp³-hybridized carbons (Fsp3) is 0.500. The van der Waals surface area contributed by atoms with E-state index in [1.807, 2.05) is 6.07 Å². The van der Waals surface area contributed by atoms with Gasteiger partial charge in [0.25, 0.3) is 0 Å². The van der Waals surface area contributed by atoms with Crippen LogP contribution in [-0.4, -0.2) is 30.3 Å². The topological polar surface area (TPSA) is 51.4 Å². The number of hydrogen-bond donors (Lipinski definition) is 1. The molecule has 0 aliphatic carbocycles. The van der Waals surface area contributed by atoms with Crippen molar-refractivity contribution in [3.63, 3.8) is 0 Å². The molecule has 2 fully saturated rings. The van der Waals surface area contributed by atoms with Crippen LogP contribution in [0.4, 0.5) is 11.5 Å². The van der Waals surface area contributed by atoms with Crippen molar-refractivity contribution in [3.8, 4) is 0 Å². The third kappa shape index (κ3) is 1.44. The van der Waals surface area contributed by atoms with Gasteiger partial charge in [0.2, 0.25) is 0 Å². The quantitative estimate of drug-likeness (QED) is 0.783. The maximum absolute atomic E-state index is 5.84. The van der Waals surface area contributed by atoms with Crippen molar-refractivity contribution in [3.05, 3.63) is 17.3 Å². The third-order valence-electron chi connectivity index (χ3n) is 3.07. The maximum Gasteiger partial charge on any atom is 0.131 e. The van der Waals surface area contributed by atoms with E-state index in [1.54, 1.807) is 6.20 Å². The molecule has 0 saturated carbocycles. The smallest absolute Gasteiger partial charge is 0.131 e. The molecule has 2 saturated heterocycles. The Morgan fingerprint density at radius 3 is 3.07 bits per heavy atom. The summed E-state index contributed by atoms with van der Waals surface area (Å²) in [5.41, 5.74) is 6.34. The minimum absolute atomic E-state index is 0.369. The minimum atomic E-state index is 0.369. The van der Waals surface area contributed by atoms with Crippen LogP contribution in [0, 0.1) is 0 Å². The first-order valence-corrected chi connectivity index (χ1v) is 5.41. The number of aromatic nitrogens is 1. The number of ether oxygens (including phenoxy) is 1. The Morgan fingerprint density at radius 1 is 1.60 bits per heavy atom. The SMILES string of the molecule is Nc1cc(N2CC3CC2CO3)ncc1Cl. The molecule has 80 valence electrons. The highest BCUT2D eigenvalue weighted by Gasteiger charge is 2.39. The molecule has 0 spiro atoms. The van der Waals surface area contributed by atoms with Gasteiger partial charge in [0, 0.05) is 18.8 Å². The molecule has 1 aromatic heterocycles. The van der Waals surface area contributed by atoms with E-state index >= 15 is 0 Å². The van der Waals surface area contributed by atoms with Crippen LogP contribution in [0.25, 0.3) is 0 Å². The number of hydrogen-bond acceptors (Lipinski definition) is 4. The predicted octanol–water partition coefficient (Wildman–Crippen LogP) is 1.29. The first kappa shape index (κ1) is 9.24. The first-order valence-electron chi connectivity index (χ1n) is 5.03. The molecule has 5 heteroatoms. The lowest BCUT2D eigenvalue weighted by Crippen LogP contribution is -2.37. The average Bonchev–Trinajstić information content (AvgIpc) is 2.83. The van der Waals surface area contributed by atoms with Gasteiger partial charge >= 0.3 is 0 Å². The van der Waals surface area contributed by atoms with E-state index in [1.165, 1.54) is 0 Å². The monoisotopic (exact) mass is 225 g/mol. The van der Waals surface area contributed by atoms with Gasteiger partial charge in [-0.3, -0.25) is 0 Å². The molecule has 3 rings (SSSR count). The van der Waals surface area contributed by atoms with Gasteiger partial charge < -0.3 is 15.4 Å². The second-order valence-corrected chi connectivity index (χ2v) is 4.47. The number of morpholine rings is 1. The summed E-state index contributed by atoms with van der Waals surface area (Å²) in [6, 6.07) is 2.30. The summed E-state index contributed by atoms with van der Waals surface area (Å²) in [7, 11) is 0. The van der Waals surface area contributed by atoms with Gasteiger partial charge in [0.1, 0.15) is 5.82 Å². The lowest BCUT2D eigenvalue weighted by atomic mass is 10.2. The third-order valence-corrected chi connectivity index (χ3v) is 3.38. The lowest BCUT2D eigenvalue weighted by Gasteiger charge is -2.28. The van der Waals surface area contributed by atoms with E-state index < -0.39 is 0 Å². The fourth-order valence-corrected chi connectivity index (χ4v) is 2.38. The van der Waals surface area contributed by atoms with Gasteiger partial charge in [-0.1, -0.05) is 11.6 Å². The second-order valence-electron chi connectivity index (χ2n) is 4.06. The lowest BCUT2D eigenvalue weighted by molar-refractivity contribution is 0.0989. The summed E-state index contributed by atoms with van der Waals surface area (Å²) in [5, 5.41) is 0.513. The average molecular weight is 226 g/mol. The van der Waals surface area contributed by atoms with E-state index in [0.29, 0.717) is 22.9 Å². The van der Waals surface area contributed by atoms with Crippen molar-refractivity contribution in [2.45, 2.75) is 18.6 Å². The van der Waals surface area contributed by atoms with E-state index in [4.69, 9.17) is 22.1 Å². The van der Waals surface area contributed by atoms with Crippen molar-refractivity contribution in [1.29, 1.82) is 0 Å². The van der Waals surface area contributed by atoms with E-state index in [9.17, 15) is 0 Å². The second kappa shape index (κ2) is 3.25. The van der Waals surface area contributed by atoms with Crippen LogP contribution >= 0.6 is 11.6 Å². The van der Waals surface area contributed by atoms with Crippen LogP contribution in [0.3, 0.4) is 0 Å². The zero-order valence-corrected chi connectivity index (χ0v) is 8.94. The van der Waals surface area contributed by atoms with Gasteiger partial charge in [0.05, 0.1) is 29.5 Å². The Balaban J connectivity index is 1.90. The number of anilines is 2. The highest BCUT2D eigenvalue weighted by Crippen LogP contribution is 2.33. The standard InChI is InChI=1S/C10H12ClN3O/c11-8-3-13-10(2-9(8)12)14-4-7-1-6(14)5-15-7/h2-3,6-7H,1,4-5H2,(H2,12,13). The number of nitrogen functional groups attached to an aromatic ring is 1. The molecule has 0 amide bonds. The van der Waals surface area contributed by atoms with Gasteiger partial charge in [-0.05, 0) is 6.42 Å². The Hall–Kier alpha value is -1.00.